The zero-order valence-corrected chi connectivity index (χ0v) is 14.3. The number of hydrogen-bond acceptors (Lipinski definition) is 2. The van der Waals surface area contributed by atoms with Gasteiger partial charge in [0.2, 0.25) is 0 Å². The maximum Gasteiger partial charge on any atom is 0.191 e. The number of piperidine rings is 1. The molecule has 4 nitrogen and oxygen atoms in total. The first-order chi connectivity index (χ1) is 11.2. The van der Waals surface area contributed by atoms with Gasteiger partial charge in [-0.25, -0.2) is 9.38 Å². The lowest BCUT2D eigenvalue weighted by molar-refractivity contribution is 0.195. The Hall–Kier alpha value is -1.62. The van der Waals surface area contributed by atoms with Gasteiger partial charge in [0.15, 0.2) is 5.96 Å². The number of rotatable bonds is 6. The summed E-state index contributed by atoms with van der Waals surface area (Å²) in [6.07, 6.45) is 2.59. The average Bonchev–Trinajstić information content (AvgIpc) is 2.56. The number of hydrogen-bond donors (Lipinski definition) is 2. The van der Waals surface area contributed by atoms with Gasteiger partial charge in [-0.2, -0.15) is 0 Å². The normalized spacial score (nSPS) is 17.3. The summed E-state index contributed by atoms with van der Waals surface area (Å²) in [5.41, 5.74) is 0.620. The summed E-state index contributed by atoms with van der Waals surface area (Å²) in [7, 11) is 0. The maximum atomic E-state index is 13.6. The van der Waals surface area contributed by atoms with Crippen LogP contribution in [0.15, 0.2) is 29.3 Å². The number of nitrogens with zero attached hydrogens (tertiary/aromatic N) is 2. The van der Waals surface area contributed by atoms with E-state index in [1.165, 1.54) is 32.0 Å². The Morgan fingerprint density at radius 3 is 2.70 bits per heavy atom. The van der Waals surface area contributed by atoms with Crippen molar-refractivity contribution in [3.8, 4) is 0 Å². The van der Waals surface area contributed by atoms with E-state index >= 15 is 0 Å². The van der Waals surface area contributed by atoms with Crippen molar-refractivity contribution in [1.82, 2.24) is 15.5 Å². The Kier molecular flexibility index (Phi) is 7.33. The molecule has 5 heteroatoms. The highest BCUT2D eigenvalue weighted by atomic mass is 19.1. The fraction of sp³-hybridized carbons (Fsp3) is 0.611. The third-order valence-electron chi connectivity index (χ3n) is 4.31. The fourth-order valence-electron chi connectivity index (χ4n) is 2.75. The van der Waals surface area contributed by atoms with Crippen molar-refractivity contribution >= 4 is 5.96 Å². The Balaban J connectivity index is 1.79. The molecule has 2 rings (SSSR count). The van der Waals surface area contributed by atoms with E-state index in [1.807, 2.05) is 13.0 Å². The van der Waals surface area contributed by atoms with Crippen molar-refractivity contribution in [1.29, 1.82) is 0 Å². The Bertz CT molecular complexity index is 496. The second-order valence-electron chi connectivity index (χ2n) is 6.24. The molecule has 0 aromatic heterocycles. The molecule has 1 aromatic rings. The summed E-state index contributed by atoms with van der Waals surface area (Å²) in [6, 6.07) is 6.79. The molecular weight excluding hydrogens is 291 g/mol. The molecule has 0 radical (unpaired) electrons. The van der Waals surface area contributed by atoms with Gasteiger partial charge in [0.05, 0.1) is 6.54 Å². The van der Waals surface area contributed by atoms with E-state index < -0.39 is 0 Å². The molecule has 1 aliphatic rings. The van der Waals surface area contributed by atoms with Crippen molar-refractivity contribution in [2.75, 3.05) is 32.7 Å². The minimum Gasteiger partial charge on any atom is -0.357 e. The first kappa shape index (κ1) is 17.7. The van der Waals surface area contributed by atoms with Gasteiger partial charge in [-0.05, 0) is 44.8 Å². The molecule has 1 saturated heterocycles. The average molecular weight is 320 g/mol. The zero-order valence-electron chi connectivity index (χ0n) is 14.3. The van der Waals surface area contributed by atoms with Crippen molar-refractivity contribution in [2.45, 2.75) is 33.2 Å². The van der Waals surface area contributed by atoms with Crippen LogP contribution in [0.3, 0.4) is 0 Å². The topological polar surface area (TPSA) is 39.7 Å². The Morgan fingerprint density at radius 1 is 1.26 bits per heavy atom. The van der Waals surface area contributed by atoms with E-state index in [9.17, 15) is 4.39 Å². The molecule has 128 valence electrons. The van der Waals surface area contributed by atoms with E-state index in [2.05, 4.69) is 27.4 Å². The maximum absolute atomic E-state index is 13.6. The highest BCUT2D eigenvalue weighted by Gasteiger charge is 2.14. The number of benzene rings is 1. The molecule has 0 atom stereocenters. The number of likely N-dealkylation sites (tertiary alicyclic amines) is 1. The molecule has 1 aromatic carbocycles. The van der Waals surface area contributed by atoms with E-state index in [-0.39, 0.29) is 5.82 Å². The fourth-order valence-corrected chi connectivity index (χ4v) is 2.75. The third-order valence-corrected chi connectivity index (χ3v) is 4.31. The Labute approximate surface area is 139 Å². The van der Waals surface area contributed by atoms with Crippen LogP contribution >= 0.6 is 0 Å². The molecule has 1 aliphatic heterocycles. The van der Waals surface area contributed by atoms with E-state index in [0.717, 1.165) is 31.5 Å². The minimum absolute atomic E-state index is 0.200. The van der Waals surface area contributed by atoms with E-state index in [1.54, 1.807) is 12.1 Å². The standard InChI is InChI=1S/C18H29FN4/c1-3-20-18(22-14-16-6-4-5-7-17(16)19)21-10-13-23-11-8-15(2)9-12-23/h4-7,15H,3,8-14H2,1-2H3,(H2,20,21,22). The third kappa shape index (κ3) is 6.18. The quantitative estimate of drug-likeness (QED) is 0.625. The monoisotopic (exact) mass is 320 g/mol. The molecule has 1 fully saturated rings. The number of nitrogens with one attached hydrogen (secondary N) is 2. The molecule has 23 heavy (non-hydrogen) atoms. The lowest BCUT2D eigenvalue weighted by Gasteiger charge is -2.30. The van der Waals surface area contributed by atoms with Crippen LogP contribution in [0.2, 0.25) is 0 Å². The smallest absolute Gasteiger partial charge is 0.191 e. The van der Waals surface area contributed by atoms with Gasteiger partial charge in [-0.1, -0.05) is 25.1 Å². The van der Waals surface area contributed by atoms with Gasteiger partial charge in [-0.15, -0.1) is 0 Å². The lowest BCUT2D eigenvalue weighted by atomic mass is 9.99. The number of guanidine groups is 1. The summed E-state index contributed by atoms with van der Waals surface area (Å²) in [6.45, 7) is 9.76. The lowest BCUT2D eigenvalue weighted by Crippen LogP contribution is -2.43. The van der Waals surface area contributed by atoms with E-state index in [0.29, 0.717) is 12.1 Å². The van der Waals surface area contributed by atoms with Crippen molar-refractivity contribution in [3.63, 3.8) is 0 Å². The molecule has 0 amide bonds. The van der Waals surface area contributed by atoms with Gasteiger partial charge >= 0.3 is 0 Å². The van der Waals surface area contributed by atoms with Crippen LogP contribution in [-0.4, -0.2) is 43.6 Å². The van der Waals surface area contributed by atoms with E-state index in [4.69, 9.17) is 0 Å². The van der Waals surface area contributed by atoms with Gasteiger partial charge in [0, 0.05) is 25.2 Å². The minimum atomic E-state index is -0.200. The summed E-state index contributed by atoms with van der Waals surface area (Å²) < 4.78 is 13.6. The first-order valence-electron chi connectivity index (χ1n) is 8.67. The summed E-state index contributed by atoms with van der Waals surface area (Å²) >= 11 is 0. The molecule has 0 spiro atoms. The molecular formula is C18H29FN4. The second-order valence-corrected chi connectivity index (χ2v) is 6.24. The highest BCUT2D eigenvalue weighted by Crippen LogP contribution is 2.15. The van der Waals surface area contributed by atoms with Gasteiger partial charge in [0.25, 0.3) is 0 Å². The molecule has 0 aliphatic carbocycles. The van der Waals surface area contributed by atoms with Crippen LogP contribution in [0.5, 0.6) is 0 Å². The van der Waals surface area contributed by atoms with Gasteiger partial charge in [0.1, 0.15) is 5.82 Å². The van der Waals surface area contributed by atoms with Crippen molar-refractivity contribution in [2.24, 2.45) is 10.9 Å². The SMILES string of the molecule is CCNC(=NCc1ccccc1F)NCCN1CCC(C)CC1. The second kappa shape index (κ2) is 9.50. The van der Waals surface area contributed by atoms with Crippen LogP contribution in [0.25, 0.3) is 0 Å². The largest absolute Gasteiger partial charge is 0.357 e. The zero-order chi connectivity index (χ0) is 16.5. The molecule has 0 bridgehead atoms. The van der Waals surface area contributed by atoms with Crippen LogP contribution in [0.4, 0.5) is 4.39 Å². The summed E-state index contributed by atoms with van der Waals surface area (Å²) in [4.78, 5) is 6.97. The van der Waals surface area contributed by atoms with Crippen LogP contribution in [0.1, 0.15) is 32.3 Å². The summed E-state index contributed by atoms with van der Waals surface area (Å²) in [5, 5.41) is 6.56. The summed E-state index contributed by atoms with van der Waals surface area (Å²) in [5.74, 6) is 1.41. The van der Waals surface area contributed by atoms with Gasteiger partial charge in [-0.3, -0.25) is 0 Å². The number of aliphatic imine (C=N–C) groups is 1. The van der Waals surface area contributed by atoms with Crippen molar-refractivity contribution in [3.05, 3.63) is 35.6 Å². The highest BCUT2D eigenvalue weighted by molar-refractivity contribution is 5.79. The molecule has 0 saturated carbocycles. The van der Waals surface area contributed by atoms with Crippen LogP contribution in [0, 0.1) is 11.7 Å². The van der Waals surface area contributed by atoms with Gasteiger partial charge < -0.3 is 15.5 Å². The van der Waals surface area contributed by atoms with Crippen LogP contribution in [-0.2, 0) is 6.54 Å². The predicted molar refractivity (Wildman–Crippen MR) is 94.1 cm³/mol. The molecule has 1 heterocycles. The predicted octanol–water partition coefficient (Wildman–Crippen LogP) is 2.61. The first-order valence-corrected chi connectivity index (χ1v) is 8.67. The van der Waals surface area contributed by atoms with Crippen molar-refractivity contribution < 1.29 is 4.39 Å². The van der Waals surface area contributed by atoms with Crippen LogP contribution < -0.4 is 10.6 Å². The molecule has 0 unspecified atom stereocenters. The Morgan fingerprint density at radius 2 is 2.00 bits per heavy atom. The molecule has 2 N–H and O–H groups in total. The number of halogens is 1.